The minimum absolute atomic E-state index is 0.499. The number of methoxy groups -OCH3 is 1. The van der Waals surface area contributed by atoms with E-state index in [1.54, 1.807) is 7.11 Å². The fourth-order valence-electron chi connectivity index (χ4n) is 2.96. The molecule has 2 aliphatic rings. The number of rotatable bonds is 5. The molecule has 1 heterocycles. The minimum Gasteiger partial charge on any atom is -0.383 e. The van der Waals surface area contributed by atoms with E-state index in [0.29, 0.717) is 6.04 Å². The Labute approximate surface area is 86.8 Å². The van der Waals surface area contributed by atoms with E-state index in [4.69, 9.17) is 4.74 Å². The molecule has 82 valence electrons. The molecule has 1 N–H and O–H groups in total. The average Bonchev–Trinajstić information content (AvgIpc) is 2.78. The molecule has 1 aliphatic carbocycles. The normalized spacial score (nSPS) is 33.9. The van der Waals surface area contributed by atoms with Gasteiger partial charge in [0.05, 0.1) is 6.61 Å². The number of likely N-dealkylation sites (tertiary alicyclic amines) is 1. The summed E-state index contributed by atoms with van der Waals surface area (Å²) in [5.41, 5.74) is 0. The largest absolute Gasteiger partial charge is 0.383 e. The molecule has 1 saturated carbocycles. The number of fused-ring (bicyclic) bond motifs is 2. The summed E-state index contributed by atoms with van der Waals surface area (Å²) in [6.45, 7) is 3.31. The maximum Gasteiger partial charge on any atom is 0.0628 e. The van der Waals surface area contributed by atoms with Gasteiger partial charge in [0, 0.05) is 32.3 Å². The van der Waals surface area contributed by atoms with E-state index in [0.717, 1.165) is 25.1 Å². The van der Waals surface area contributed by atoms with E-state index in [1.807, 2.05) is 7.05 Å². The Morgan fingerprint density at radius 3 is 2.86 bits per heavy atom. The highest BCUT2D eigenvalue weighted by molar-refractivity contribution is 4.93. The first-order valence-electron chi connectivity index (χ1n) is 5.73. The first-order valence-corrected chi connectivity index (χ1v) is 5.73. The molecule has 3 atom stereocenters. The molecule has 0 spiro atoms. The molecular weight excluding hydrogens is 176 g/mol. The van der Waals surface area contributed by atoms with Gasteiger partial charge in [-0.05, 0) is 32.2 Å². The van der Waals surface area contributed by atoms with Crippen molar-refractivity contribution in [2.75, 3.05) is 33.9 Å². The van der Waals surface area contributed by atoms with Gasteiger partial charge in [-0.25, -0.2) is 0 Å². The highest BCUT2D eigenvalue weighted by Gasteiger charge is 2.38. The summed E-state index contributed by atoms with van der Waals surface area (Å²) < 4.78 is 5.20. The van der Waals surface area contributed by atoms with Gasteiger partial charge in [-0.1, -0.05) is 0 Å². The second kappa shape index (κ2) is 4.60. The molecule has 0 aromatic carbocycles. The van der Waals surface area contributed by atoms with E-state index in [2.05, 4.69) is 10.2 Å². The average molecular weight is 198 g/mol. The van der Waals surface area contributed by atoms with Gasteiger partial charge in [-0.3, -0.25) is 4.90 Å². The smallest absolute Gasteiger partial charge is 0.0628 e. The van der Waals surface area contributed by atoms with Gasteiger partial charge in [0.15, 0.2) is 0 Å². The van der Waals surface area contributed by atoms with E-state index in [9.17, 15) is 0 Å². The maximum atomic E-state index is 5.20. The molecule has 14 heavy (non-hydrogen) atoms. The van der Waals surface area contributed by atoms with Crippen molar-refractivity contribution >= 4 is 0 Å². The molecular formula is C11H22N2O. The lowest BCUT2D eigenvalue weighted by Crippen LogP contribution is -2.45. The fourth-order valence-corrected chi connectivity index (χ4v) is 2.96. The van der Waals surface area contributed by atoms with Gasteiger partial charge < -0.3 is 10.1 Å². The first-order chi connectivity index (χ1) is 6.83. The van der Waals surface area contributed by atoms with E-state index >= 15 is 0 Å². The number of hydrogen-bond acceptors (Lipinski definition) is 3. The fraction of sp³-hybridized carbons (Fsp3) is 1.00. The minimum atomic E-state index is 0.499. The van der Waals surface area contributed by atoms with Crippen molar-refractivity contribution in [2.24, 2.45) is 5.92 Å². The number of piperidine rings is 1. The Hall–Kier alpha value is -0.120. The SMILES string of the molecule is CNC(COC)CN1CC2CCC1C2. The summed E-state index contributed by atoms with van der Waals surface area (Å²) in [4.78, 5) is 2.65. The zero-order valence-corrected chi connectivity index (χ0v) is 9.33. The topological polar surface area (TPSA) is 24.5 Å². The molecule has 0 amide bonds. The first kappa shape index (κ1) is 10.4. The lowest BCUT2D eigenvalue weighted by atomic mass is 10.1. The summed E-state index contributed by atoms with van der Waals surface area (Å²) in [5.74, 6) is 1.00. The van der Waals surface area contributed by atoms with Gasteiger partial charge in [-0.2, -0.15) is 0 Å². The predicted molar refractivity (Wildman–Crippen MR) is 57.4 cm³/mol. The van der Waals surface area contributed by atoms with E-state index in [1.165, 1.54) is 25.8 Å². The Kier molecular flexibility index (Phi) is 3.42. The van der Waals surface area contributed by atoms with Crippen LogP contribution in [0.2, 0.25) is 0 Å². The van der Waals surface area contributed by atoms with Crippen molar-refractivity contribution in [1.82, 2.24) is 10.2 Å². The molecule has 0 aromatic rings. The van der Waals surface area contributed by atoms with Crippen LogP contribution in [0.5, 0.6) is 0 Å². The van der Waals surface area contributed by atoms with Gasteiger partial charge in [0.1, 0.15) is 0 Å². The van der Waals surface area contributed by atoms with E-state index in [-0.39, 0.29) is 0 Å². The summed E-state index contributed by atoms with van der Waals surface area (Å²) in [7, 11) is 3.80. The van der Waals surface area contributed by atoms with Crippen LogP contribution in [0.15, 0.2) is 0 Å². The van der Waals surface area contributed by atoms with Gasteiger partial charge in [-0.15, -0.1) is 0 Å². The Balaban J connectivity index is 1.79. The lowest BCUT2D eigenvalue weighted by molar-refractivity contribution is 0.127. The van der Waals surface area contributed by atoms with Crippen LogP contribution in [0.25, 0.3) is 0 Å². The standard InChI is InChI=1S/C11H22N2O/c1-12-10(8-14-2)7-13-6-9-3-4-11(13)5-9/h9-12H,3-8H2,1-2H3. The molecule has 2 fully saturated rings. The second-order valence-electron chi connectivity index (χ2n) is 4.73. The Morgan fingerprint density at radius 1 is 1.50 bits per heavy atom. The van der Waals surface area contributed by atoms with Crippen molar-refractivity contribution in [1.29, 1.82) is 0 Å². The number of hydrogen-bond donors (Lipinski definition) is 1. The zero-order valence-electron chi connectivity index (χ0n) is 9.33. The Morgan fingerprint density at radius 2 is 2.36 bits per heavy atom. The predicted octanol–water partition coefficient (Wildman–Crippen LogP) is 0.705. The third-order valence-corrected chi connectivity index (χ3v) is 3.75. The van der Waals surface area contributed by atoms with Crippen LogP contribution < -0.4 is 5.32 Å². The van der Waals surface area contributed by atoms with Crippen LogP contribution in [0.1, 0.15) is 19.3 Å². The zero-order chi connectivity index (χ0) is 9.97. The van der Waals surface area contributed by atoms with Gasteiger partial charge in [0.2, 0.25) is 0 Å². The van der Waals surface area contributed by atoms with Crippen LogP contribution >= 0.6 is 0 Å². The summed E-state index contributed by atoms with van der Waals surface area (Å²) in [6.07, 6.45) is 4.34. The summed E-state index contributed by atoms with van der Waals surface area (Å²) in [6, 6.07) is 1.38. The summed E-state index contributed by atoms with van der Waals surface area (Å²) >= 11 is 0. The number of nitrogens with zero attached hydrogens (tertiary/aromatic N) is 1. The lowest BCUT2D eigenvalue weighted by Gasteiger charge is -2.30. The third-order valence-electron chi connectivity index (χ3n) is 3.75. The maximum absolute atomic E-state index is 5.20. The van der Waals surface area contributed by atoms with Gasteiger partial charge in [0.25, 0.3) is 0 Å². The van der Waals surface area contributed by atoms with Crippen LogP contribution in [0.3, 0.4) is 0 Å². The van der Waals surface area contributed by atoms with Crippen molar-refractivity contribution in [3.05, 3.63) is 0 Å². The van der Waals surface area contributed by atoms with Crippen LogP contribution in [-0.4, -0.2) is 50.8 Å². The molecule has 2 rings (SSSR count). The number of likely N-dealkylation sites (N-methyl/N-ethyl adjacent to an activating group) is 1. The van der Waals surface area contributed by atoms with Crippen molar-refractivity contribution in [3.8, 4) is 0 Å². The quantitative estimate of drug-likeness (QED) is 0.704. The Bertz CT molecular complexity index is 186. The highest BCUT2D eigenvalue weighted by Crippen LogP contribution is 2.37. The van der Waals surface area contributed by atoms with Crippen molar-refractivity contribution in [2.45, 2.75) is 31.3 Å². The van der Waals surface area contributed by atoms with Crippen molar-refractivity contribution in [3.63, 3.8) is 0 Å². The third kappa shape index (κ3) is 2.10. The highest BCUT2D eigenvalue weighted by atomic mass is 16.5. The molecule has 1 aliphatic heterocycles. The van der Waals surface area contributed by atoms with E-state index < -0.39 is 0 Å². The molecule has 3 nitrogen and oxygen atoms in total. The second-order valence-corrected chi connectivity index (χ2v) is 4.73. The monoisotopic (exact) mass is 198 g/mol. The molecule has 0 aromatic heterocycles. The van der Waals surface area contributed by atoms with Gasteiger partial charge >= 0.3 is 0 Å². The van der Waals surface area contributed by atoms with Crippen LogP contribution in [0, 0.1) is 5.92 Å². The summed E-state index contributed by atoms with van der Waals surface area (Å²) in [5, 5.41) is 3.32. The number of nitrogens with one attached hydrogen (secondary N) is 1. The van der Waals surface area contributed by atoms with Crippen LogP contribution in [-0.2, 0) is 4.74 Å². The molecule has 3 heteroatoms. The number of ether oxygens (including phenoxy) is 1. The molecule has 0 radical (unpaired) electrons. The molecule has 3 unspecified atom stereocenters. The molecule has 2 bridgehead atoms. The van der Waals surface area contributed by atoms with Crippen molar-refractivity contribution < 1.29 is 4.74 Å². The van der Waals surface area contributed by atoms with Crippen LogP contribution in [0.4, 0.5) is 0 Å². The molecule has 1 saturated heterocycles.